The highest BCUT2D eigenvalue weighted by Gasteiger charge is 2.10. The Morgan fingerprint density at radius 3 is 2.83 bits per heavy atom. The minimum atomic E-state index is -0.0104. The van der Waals surface area contributed by atoms with Crippen LogP contribution in [0.2, 0.25) is 5.15 Å². The second-order valence-electron chi connectivity index (χ2n) is 3.78. The van der Waals surface area contributed by atoms with Gasteiger partial charge >= 0.3 is 0 Å². The van der Waals surface area contributed by atoms with Crippen LogP contribution in [0.25, 0.3) is 0 Å². The van der Waals surface area contributed by atoms with Crippen LogP contribution in [0.3, 0.4) is 0 Å². The summed E-state index contributed by atoms with van der Waals surface area (Å²) in [6, 6.07) is 10.7. The van der Waals surface area contributed by atoms with Crippen molar-refractivity contribution in [3.8, 4) is 5.75 Å². The van der Waals surface area contributed by atoms with Crippen molar-refractivity contribution in [3.05, 3.63) is 58.9 Å². The van der Waals surface area contributed by atoms with Crippen molar-refractivity contribution in [2.24, 2.45) is 0 Å². The first-order valence-corrected chi connectivity index (χ1v) is 5.85. The summed E-state index contributed by atoms with van der Waals surface area (Å²) in [7, 11) is 1.59. The Hall–Kier alpha value is -1.87. The molecular formula is C14H12ClNO2. The average molecular weight is 262 g/mol. The van der Waals surface area contributed by atoms with Crippen molar-refractivity contribution in [3.63, 3.8) is 0 Å². The molecule has 0 N–H and O–H groups in total. The van der Waals surface area contributed by atoms with Crippen molar-refractivity contribution in [1.29, 1.82) is 0 Å². The monoisotopic (exact) mass is 261 g/mol. The number of ether oxygens (including phenoxy) is 1. The smallest absolute Gasteiger partial charge is 0.167 e. The van der Waals surface area contributed by atoms with Gasteiger partial charge in [0.1, 0.15) is 10.9 Å². The third kappa shape index (κ3) is 2.87. The van der Waals surface area contributed by atoms with Gasteiger partial charge in [-0.1, -0.05) is 29.8 Å². The maximum atomic E-state index is 12.1. The molecule has 0 amide bonds. The number of pyridine rings is 1. The van der Waals surface area contributed by atoms with Gasteiger partial charge in [-0.05, 0) is 18.2 Å². The second-order valence-corrected chi connectivity index (χ2v) is 4.17. The Kier molecular flexibility index (Phi) is 3.95. The van der Waals surface area contributed by atoms with Crippen LogP contribution in [-0.4, -0.2) is 17.9 Å². The summed E-state index contributed by atoms with van der Waals surface area (Å²) in [6.07, 6.45) is 1.81. The van der Waals surface area contributed by atoms with E-state index in [0.717, 1.165) is 5.56 Å². The van der Waals surface area contributed by atoms with Crippen molar-refractivity contribution in [2.45, 2.75) is 6.42 Å². The summed E-state index contributed by atoms with van der Waals surface area (Å²) < 4.78 is 5.22. The van der Waals surface area contributed by atoms with Gasteiger partial charge in [-0.15, -0.1) is 0 Å². The number of benzene rings is 1. The highest BCUT2D eigenvalue weighted by Crippen LogP contribution is 2.19. The Balaban J connectivity index is 2.21. The highest BCUT2D eigenvalue weighted by atomic mass is 35.5. The molecule has 4 heteroatoms. The number of hydrogen-bond acceptors (Lipinski definition) is 3. The summed E-state index contributed by atoms with van der Waals surface area (Å²) in [5.74, 6) is 0.704. The molecule has 0 aliphatic carbocycles. The summed E-state index contributed by atoms with van der Waals surface area (Å²) in [5.41, 5.74) is 1.42. The van der Waals surface area contributed by atoms with Gasteiger partial charge in [-0.3, -0.25) is 4.79 Å². The molecule has 3 nitrogen and oxygen atoms in total. The zero-order valence-corrected chi connectivity index (χ0v) is 10.6. The minimum absolute atomic E-state index is 0.0104. The van der Waals surface area contributed by atoms with Crippen LogP contribution in [0, 0.1) is 0 Å². The lowest BCUT2D eigenvalue weighted by Crippen LogP contribution is -2.05. The number of ketones is 1. The van der Waals surface area contributed by atoms with Crippen LogP contribution in [0.4, 0.5) is 0 Å². The number of hydrogen-bond donors (Lipinski definition) is 0. The zero-order valence-electron chi connectivity index (χ0n) is 9.89. The number of rotatable bonds is 4. The summed E-state index contributed by atoms with van der Waals surface area (Å²) in [6.45, 7) is 0. The Morgan fingerprint density at radius 2 is 2.11 bits per heavy atom. The molecular weight excluding hydrogens is 250 g/mol. The third-order valence-electron chi connectivity index (χ3n) is 2.59. The number of Topliss-reactive ketones (excluding diaryl/α,β-unsaturated/α-hetero) is 1. The van der Waals surface area contributed by atoms with Crippen molar-refractivity contribution >= 4 is 17.4 Å². The van der Waals surface area contributed by atoms with E-state index >= 15 is 0 Å². The lowest BCUT2D eigenvalue weighted by Gasteiger charge is -2.07. The minimum Gasteiger partial charge on any atom is -0.496 e. The van der Waals surface area contributed by atoms with Gasteiger partial charge in [-0.25, -0.2) is 4.98 Å². The Labute approximate surface area is 110 Å². The van der Waals surface area contributed by atoms with E-state index in [1.807, 2.05) is 24.3 Å². The fourth-order valence-electron chi connectivity index (χ4n) is 1.70. The van der Waals surface area contributed by atoms with Crippen molar-refractivity contribution < 1.29 is 9.53 Å². The van der Waals surface area contributed by atoms with E-state index in [1.54, 1.807) is 19.2 Å². The van der Waals surface area contributed by atoms with Crippen molar-refractivity contribution in [2.75, 3.05) is 7.11 Å². The molecule has 1 aromatic heterocycles. The molecule has 0 aliphatic rings. The highest BCUT2D eigenvalue weighted by molar-refractivity contribution is 6.29. The van der Waals surface area contributed by atoms with Crippen LogP contribution >= 0.6 is 11.6 Å². The zero-order chi connectivity index (χ0) is 13.0. The van der Waals surface area contributed by atoms with E-state index in [0.29, 0.717) is 16.5 Å². The number of para-hydroxylation sites is 1. The second kappa shape index (κ2) is 5.65. The average Bonchev–Trinajstić information content (AvgIpc) is 2.39. The number of aromatic nitrogens is 1. The van der Waals surface area contributed by atoms with E-state index in [1.165, 1.54) is 6.20 Å². The normalized spacial score (nSPS) is 10.1. The number of halogens is 1. The van der Waals surface area contributed by atoms with Gasteiger partial charge in [0.25, 0.3) is 0 Å². The standard InChI is InChI=1S/C14H12ClNO2/c1-18-13-5-3-2-4-11(13)8-12(17)10-6-7-16-14(15)9-10/h2-7,9H,8H2,1H3. The van der Waals surface area contributed by atoms with Crippen LogP contribution < -0.4 is 4.74 Å². The predicted octanol–water partition coefficient (Wildman–Crippen LogP) is 3.17. The first kappa shape index (κ1) is 12.6. The van der Waals surface area contributed by atoms with Crippen LogP contribution in [0.5, 0.6) is 5.75 Å². The maximum absolute atomic E-state index is 12.1. The molecule has 0 unspecified atom stereocenters. The van der Waals surface area contributed by atoms with Gasteiger partial charge < -0.3 is 4.74 Å². The molecule has 0 fully saturated rings. The van der Waals surface area contributed by atoms with E-state index in [-0.39, 0.29) is 12.2 Å². The van der Waals surface area contributed by atoms with E-state index in [9.17, 15) is 4.79 Å². The van der Waals surface area contributed by atoms with Gasteiger partial charge in [0, 0.05) is 23.7 Å². The topological polar surface area (TPSA) is 39.2 Å². The maximum Gasteiger partial charge on any atom is 0.167 e. The molecule has 0 spiro atoms. The van der Waals surface area contributed by atoms with Gasteiger partial charge in [0.2, 0.25) is 0 Å². The molecule has 2 aromatic rings. The molecule has 0 saturated heterocycles. The van der Waals surface area contributed by atoms with Gasteiger partial charge in [-0.2, -0.15) is 0 Å². The fraction of sp³-hybridized carbons (Fsp3) is 0.143. The fourth-order valence-corrected chi connectivity index (χ4v) is 1.87. The molecule has 1 heterocycles. The first-order chi connectivity index (χ1) is 8.70. The van der Waals surface area contributed by atoms with E-state index in [2.05, 4.69) is 4.98 Å². The number of carbonyl (C=O) groups excluding carboxylic acids is 1. The predicted molar refractivity (Wildman–Crippen MR) is 70.3 cm³/mol. The number of methoxy groups -OCH3 is 1. The van der Waals surface area contributed by atoms with E-state index in [4.69, 9.17) is 16.3 Å². The molecule has 0 bridgehead atoms. The summed E-state index contributed by atoms with van der Waals surface area (Å²) in [4.78, 5) is 15.9. The SMILES string of the molecule is COc1ccccc1CC(=O)c1ccnc(Cl)c1. The Bertz CT molecular complexity index is 569. The molecule has 18 heavy (non-hydrogen) atoms. The van der Waals surface area contributed by atoms with Crippen LogP contribution in [0.15, 0.2) is 42.6 Å². The molecule has 0 aliphatic heterocycles. The summed E-state index contributed by atoms with van der Waals surface area (Å²) in [5, 5.41) is 0.320. The van der Waals surface area contributed by atoms with Crippen LogP contribution in [-0.2, 0) is 6.42 Å². The Morgan fingerprint density at radius 1 is 1.33 bits per heavy atom. The molecule has 0 saturated carbocycles. The third-order valence-corrected chi connectivity index (χ3v) is 2.80. The van der Waals surface area contributed by atoms with Gasteiger partial charge in [0.15, 0.2) is 5.78 Å². The van der Waals surface area contributed by atoms with Crippen molar-refractivity contribution in [1.82, 2.24) is 4.98 Å². The van der Waals surface area contributed by atoms with Gasteiger partial charge in [0.05, 0.1) is 7.11 Å². The largest absolute Gasteiger partial charge is 0.496 e. The molecule has 0 atom stereocenters. The van der Waals surface area contributed by atoms with E-state index < -0.39 is 0 Å². The molecule has 2 rings (SSSR count). The summed E-state index contributed by atoms with van der Waals surface area (Å²) >= 11 is 5.76. The molecule has 0 radical (unpaired) electrons. The lowest BCUT2D eigenvalue weighted by molar-refractivity contribution is 0.0992. The lowest BCUT2D eigenvalue weighted by atomic mass is 10.0. The number of carbonyl (C=O) groups is 1. The molecule has 92 valence electrons. The quantitative estimate of drug-likeness (QED) is 0.627. The molecule has 1 aromatic carbocycles. The first-order valence-electron chi connectivity index (χ1n) is 5.47. The number of nitrogens with zero attached hydrogens (tertiary/aromatic N) is 1. The van der Waals surface area contributed by atoms with Crippen LogP contribution in [0.1, 0.15) is 15.9 Å².